The van der Waals surface area contributed by atoms with Crippen LogP contribution in [0.3, 0.4) is 0 Å². The molecule has 1 fully saturated rings. The molecule has 0 spiro atoms. The number of morpholine rings is 1. The molecule has 0 amide bonds. The average molecular weight is 285 g/mol. The van der Waals surface area contributed by atoms with Gasteiger partial charge in [0, 0.05) is 13.1 Å². The summed E-state index contributed by atoms with van der Waals surface area (Å²) in [4.78, 5) is 2.00. The molecule has 1 saturated heterocycles. The molecule has 1 aromatic carbocycles. The number of primary sulfonamides is 1. The number of para-hydroxylation sites is 1. The summed E-state index contributed by atoms with van der Waals surface area (Å²) in [5.74, 6) is 0. The fraction of sp³-hybridized carbons (Fsp3) is 0.500. The van der Waals surface area contributed by atoms with Gasteiger partial charge in [0.2, 0.25) is 10.0 Å². The molecule has 2 atom stereocenters. The first-order valence-corrected chi connectivity index (χ1v) is 7.65. The van der Waals surface area contributed by atoms with Gasteiger partial charge >= 0.3 is 0 Å². The lowest BCUT2D eigenvalue weighted by Crippen LogP contribution is -2.45. The van der Waals surface area contributed by atoms with Crippen LogP contribution in [0.25, 0.3) is 0 Å². The van der Waals surface area contributed by atoms with Gasteiger partial charge in [0.05, 0.1) is 23.6 Å². The number of nitrogens with zero attached hydrogens (tertiary/aromatic N) is 1. The van der Waals surface area contributed by atoms with Crippen molar-refractivity contribution in [3.05, 3.63) is 18.2 Å². The van der Waals surface area contributed by atoms with Gasteiger partial charge in [-0.3, -0.25) is 0 Å². The number of anilines is 2. The molecule has 0 radical (unpaired) electrons. The minimum Gasteiger partial charge on any atom is -0.396 e. The van der Waals surface area contributed by atoms with Crippen molar-refractivity contribution in [1.29, 1.82) is 0 Å². The first-order valence-electron chi connectivity index (χ1n) is 6.10. The molecule has 19 heavy (non-hydrogen) atoms. The molecule has 1 aromatic rings. The van der Waals surface area contributed by atoms with Crippen molar-refractivity contribution in [2.24, 2.45) is 5.14 Å². The number of nitrogen functional groups attached to an aromatic ring is 1. The molecule has 0 aromatic heterocycles. The molecular weight excluding hydrogens is 266 g/mol. The van der Waals surface area contributed by atoms with Gasteiger partial charge in [0.25, 0.3) is 0 Å². The van der Waals surface area contributed by atoms with Crippen molar-refractivity contribution in [3.8, 4) is 0 Å². The van der Waals surface area contributed by atoms with E-state index in [9.17, 15) is 8.42 Å². The van der Waals surface area contributed by atoms with Gasteiger partial charge in [0.1, 0.15) is 4.90 Å². The molecule has 1 aliphatic rings. The van der Waals surface area contributed by atoms with Gasteiger partial charge in [0.15, 0.2) is 0 Å². The Morgan fingerprint density at radius 2 is 1.84 bits per heavy atom. The fourth-order valence-electron chi connectivity index (χ4n) is 2.43. The number of benzene rings is 1. The second-order valence-corrected chi connectivity index (χ2v) is 6.43. The van der Waals surface area contributed by atoms with Gasteiger partial charge < -0.3 is 15.4 Å². The van der Waals surface area contributed by atoms with E-state index < -0.39 is 10.0 Å². The van der Waals surface area contributed by atoms with Crippen LogP contribution >= 0.6 is 0 Å². The Balaban J connectivity index is 2.41. The van der Waals surface area contributed by atoms with Crippen LogP contribution in [0, 0.1) is 0 Å². The van der Waals surface area contributed by atoms with Gasteiger partial charge in [-0.15, -0.1) is 0 Å². The zero-order valence-electron chi connectivity index (χ0n) is 11.0. The molecule has 0 saturated carbocycles. The van der Waals surface area contributed by atoms with E-state index in [1.807, 2.05) is 18.7 Å². The Morgan fingerprint density at radius 3 is 2.37 bits per heavy atom. The Morgan fingerprint density at radius 1 is 1.26 bits per heavy atom. The van der Waals surface area contributed by atoms with Crippen LogP contribution in [-0.4, -0.2) is 33.7 Å². The smallest absolute Gasteiger partial charge is 0.240 e. The van der Waals surface area contributed by atoms with Crippen molar-refractivity contribution < 1.29 is 13.2 Å². The Hall–Kier alpha value is -1.31. The van der Waals surface area contributed by atoms with Crippen LogP contribution in [0.1, 0.15) is 13.8 Å². The van der Waals surface area contributed by atoms with Crippen molar-refractivity contribution in [2.45, 2.75) is 31.0 Å². The molecule has 106 valence electrons. The monoisotopic (exact) mass is 285 g/mol. The number of ether oxygens (including phenoxy) is 1. The molecule has 2 rings (SSSR count). The topological polar surface area (TPSA) is 98.7 Å². The predicted octanol–water partition coefficient (Wildman–Crippen LogP) is 0.530. The van der Waals surface area contributed by atoms with Crippen LogP contribution in [0.4, 0.5) is 11.4 Å². The van der Waals surface area contributed by atoms with Crippen molar-refractivity contribution >= 4 is 21.4 Å². The first kappa shape index (κ1) is 14.1. The van der Waals surface area contributed by atoms with Gasteiger partial charge in [-0.25, -0.2) is 13.6 Å². The maximum absolute atomic E-state index is 11.5. The van der Waals surface area contributed by atoms with E-state index in [1.54, 1.807) is 12.1 Å². The molecule has 4 N–H and O–H groups in total. The quantitative estimate of drug-likeness (QED) is 0.772. The van der Waals surface area contributed by atoms with Gasteiger partial charge in [-0.05, 0) is 26.0 Å². The minimum atomic E-state index is -3.80. The SMILES string of the molecule is C[C@@H]1CN(c2cccc(S(N)(=O)=O)c2N)C[C@H](C)O1. The molecule has 6 nitrogen and oxygen atoms in total. The highest BCUT2D eigenvalue weighted by Crippen LogP contribution is 2.31. The summed E-state index contributed by atoms with van der Waals surface area (Å²) in [6.07, 6.45) is 0.141. The van der Waals surface area contributed by atoms with Crippen LogP contribution in [-0.2, 0) is 14.8 Å². The third-order valence-electron chi connectivity index (χ3n) is 3.11. The minimum absolute atomic E-state index is 0.0307. The number of sulfonamides is 1. The van der Waals surface area contributed by atoms with Crippen molar-refractivity contribution in [2.75, 3.05) is 23.7 Å². The third kappa shape index (κ3) is 2.99. The van der Waals surface area contributed by atoms with E-state index in [0.29, 0.717) is 18.8 Å². The summed E-state index contributed by atoms with van der Waals surface area (Å²) >= 11 is 0. The highest BCUT2D eigenvalue weighted by Gasteiger charge is 2.25. The van der Waals surface area contributed by atoms with Gasteiger partial charge in [-0.1, -0.05) is 6.07 Å². The van der Waals surface area contributed by atoms with Crippen LogP contribution in [0.2, 0.25) is 0 Å². The second kappa shape index (κ2) is 4.99. The van der Waals surface area contributed by atoms with E-state index in [1.165, 1.54) is 6.07 Å². The molecule has 1 heterocycles. The van der Waals surface area contributed by atoms with E-state index in [0.717, 1.165) is 0 Å². The lowest BCUT2D eigenvalue weighted by atomic mass is 10.2. The molecule has 0 bridgehead atoms. The van der Waals surface area contributed by atoms with Gasteiger partial charge in [-0.2, -0.15) is 0 Å². The Labute approximate surface area is 113 Å². The second-order valence-electron chi connectivity index (χ2n) is 4.90. The molecular formula is C12H19N3O3S. The standard InChI is InChI=1S/C12H19N3O3S/c1-8-6-15(7-9(2)18-8)10-4-3-5-11(12(10)13)19(14,16)17/h3-5,8-9H,6-7,13H2,1-2H3,(H2,14,16,17)/t8-,9+. The van der Waals surface area contributed by atoms with Crippen LogP contribution in [0.5, 0.6) is 0 Å². The third-order valence-corrected chi connectivity index (χ3v) is 4.08. The number of nitrogens with two attached hydrogens (primary N) is 2. The molecule has 7 heteroatoms. The summed E-state index contributed by atoms with van der Waals surface area (Å²) in [5.41, 5.74) is 6.84. The molecule has 0 unspecified atom stereocenters. The van der Waals surface area contributed by atoms with Crippen molar-refractivity contribution in [3.63, 3.8) is 0 Å². The van der Waals surface area contributed by atoms with Crippen LogP contribution in [0.15, 0.2) is 23.1 Å². The Kier molecular flexibility index (Phi) is 3.71. The lowest BCUT2D eigenvalue weighted by Gasteiger charge is -2.37. The summed E-state index contributed by atoms with van der Waals surface area (Å²) in [6.45, 7) is 5.29. The summed E-state index contributed by atoms with van der Waals surface area (Å²) < 4.78 is 28.6. The average Bonchev–Trinajstić information content (AvgIpc) is 2.26. The maximum atomic E-state index is 11.5. The first-order chi connectivity index (χ1) is 8.79. The maximum Gasteiger partial charge on any atom is 0.240 e. The number of hydrogen-bond acceptors (Lipinski definition) is 5. The predicted molar refractivity (Wildman–Crippen MR) is 74.4 cm³/mol. The molecule has 1 aliphatic heterocycles. The highest BCUT2D eigenvalue weighted by molar-refractivity contribution is 7.89. The van der Waals surface area contributed by atoms with E-state index in [4.69, 9.17) is 15.6 Å². The van der Waals surface area contributed by atoms with E-state index in [2.05, 4.69) is 0 Å². The fourth-order valence-corrected chi connectivity index (χ4v) is 3.11. The number of rotatable bonds is 2. The zero-order valence-corrected chi connectivity index (χ0v) is 11.9. The summed E-state index contributed by atoms with van der Waals surface area (Å²) in [6, 6.07) is 4.87. The lowest BCUT2D eigenvalue weighted by molar-refractivity contribution is -0.00517. The highest BCUT2D eigenvalue weighted by atomic mass is 32.2. The van der Waals surface area contributed by atoms with Crippen LogP contribution < -0.4 is 15.8 Å². The summed E-state index contributed by atoms with van der Waals surface area (Å²) in [7, 11) is -3.80. The van der Waals surface area contributed by atoms with E-state index in [-0.39, 0.29) is 22.8 Å². The summed E-state index contributed by atoms with van der Waals surface area (Å²) in [5, 5.41) is 5.16. The Bertz CT molecular complexity index is 564. The largest absolute Gasteiger partial charge is 0.396 e. The van der Waals surface area contributed by atoms with E-state index >= 15 is 0 Å². The number of hydrogen-bond donors (Lipinski definition) is 2. The normalized spacial score (nSPS) is 24.5. The van der Waals surface area contributed by atoms with Crippen molar-refractivity contribution in [1.82, 2.24) is 0 Å². The molecule has 0 aliphatic carbocycles. The zero-order chi connectivity index (χ0) is 14.2.